The molecule has 3 N–H and O–H groups in total. The molecule has 0 spiro atoms. The van der Waals surface area contributed by atoms with E-state index in [1.165, 1.54) is 15.6 Å². The van der Waals surface area contributed by atoms with Crippen molar-refractivity contribution in [2.45, 2.75) is 13.0 Å². The highest BCUT2D eigenvalue weighted by atomic mass is 32.1. The van der Waals surface area contributed by atoms with Crippen molar-refractivity contribution in [2.75, 3.05) is 7.11 Å². The Morgan fingerprint density at radius 1 is 1.19 bits per heavy atom. The second-order valence-corrected chi connectivity index (χ2v) is 5.93. The van der Waals surface area contributed by atoms with Crippen molar-refractivity contribution in [1.29, 1.82) is 0 Å². The van der Waals surface area contributed by atoms with Crippen molar-refractivity contribution in [3.8, 4) is 5.75 Å². The van der Waals surface area contributed by atoms with E-state index in [1.54, 1.807) is 18.4 Å². The average Bonchev–Trinajstić information content (AvgIpc) is 2.99. The third kappa shape index (κ3) is 2.53. The van der Waals surface area contributed by atoms with Gasteiger partial charge in [0, 0.05) is 4.70 Å². The molecule has 0 amide bonds. The first-order valence-corrected chi connectivity index (χ1v) is 7.69. The second kappa shape index (κ2) is 5.85. The Kier molecular flexibility index (Phi) is 3.92. The number of aryl methyl sites for hydroxylation is 1. The van der Waals surface area contributed by atoms with E-state index < -0.39 is 0 Å². The molecule has 0 aliphatic carbocycles. The topological polar surface area (TPSA) is 47.3 Å². The fraction of sp³-hybridized carbons (Fsp3) is 0.176. The van der Waals surface area contributed by atoms with Crippen LogP contribution in [0.3, 0.4) is 0 Å². The molecule has 0 radical (unpaired) electrons. The molecule has 108 valence electrons. The molecule has 0 saturated heterocycles. The van der Waals surface area contributed by atoms with Gasteiger partial charge < -0.3 is 4.74 Å². The summed E-state index contributed by atoms with van der Waals surface area (Å²) in [4.78, 5) is 0. The lowest BCUT2D eigenvalue weighted by molar-refractivity contribution is 0.410. The Labute approximate surface area is 128 Å². The fourth-order valence-corrected chi connectivity index (χ4v) is 3.57. The quantitative estimate of drug-likeness (QED) is 0.569. The molecule has 0 aliphatic rings. The molecule has 3 aromatic rings. The van der Waals surface area contributed by atoms with Crippen LogP contribution in [0.1, 0.15) is 22.7 Å². The smallest absolute Gasteiger partial charge is 0.122 e. The molecule has 1 atom stereocenters. The van der Waals surface area contributed by atoms with Crippen LogP contribution in [0.2, 0.25) is 0 Å². The van der Waals surface area contributed by atoms with E-state index in [-0.39, 0.29) is 6.04 Å². The lowest BCUT2D eigenvalue weighted by Gasteiger charge is -2.19. The third-order valence-electron chi connectivity index (χ3n) is 3.75. The van der Waals surface area contributed by atoms with Gasteiger partial charge in [-0.3, -0.25) is 5.84 Å². The van der Waals surface area contributed by atoms with Crippen molar-refractivity contribution in [3.05, 3.63) is 64.5 Å². The van der Waals surface area contributed by atoms with Crippen LogP contribution in [0, 0.1) is 6.92 Å². The molecule has 3 nitrogen and oxygen atoms in total. The number of hydrogen-bond acceptors (Lipinski definition) is 4. The Morgan fingerprint density at radius 2 is 2.05 bits per heavy atom. The first-order valence-electron chi connectivity index (χ1n) is 6.81. The Morgan fingerprint density at radius 3 is 2.81 bits per heavy atom. The summed E-state index contributed by atoms with van der Waals surface area (Å²) < 4.78 is 6.69. The van der Waals surface area contributed by atoms with Gasteiger partial charge in [0.15, 0.2) is 0 Å². The van der Waals surface area contributed by atoms with Gasteiger partial charge in [-0.25, -0.2) is 5.43 Å². The van der Waals surface area contributed by atoms with Crippen LogP contribution in [0.4, 0.5) is 0 Å². The number of fused-ring (bicyclic) bond motifs is 1. The largest absolute Gasteiger partial charge is 0.496 e. The van der Waals surface area contributed by atoms with Gasteiger partial charge in [-0.15, -0.1) is 11.3 Å². The monoisotopic (exact) mass is 298 g/mol. The zero-order valence-corrected chi connectivity index (χ0v) is 12.9. The van der Waals surface area contributed by atoms with Crippen LogP contribution < -0.4 is 16.0 Å². The van der Waals surface area contributed by atoms with Gasteiger partial charge >= 0.3 is 0 Å². The van der Waals surface area contributed by atoms with E-state index in [1.807, 2.05) is 13.0 Å². The maximum Gasteiger partial charge on any atom is 0.122 e. The van der Waals surface area contributed by atoms with E-state index in [4.69, 9.17) is 10.6 Å². The van der Waals surface area contributed by atoms with E-state index in [2.05, 4.69) is 47.2 Å². The highest BCUT2D eigenvalue weighted by Crippen LogP contribution is 2.33. The minimum Gasteiger partial charge on any atom is -0.496 e. The summed E-state index contributed by atoms with van der Waals surface area (Å²) in [6, 6.07) is 14.6. The molecule has 21 heavy (non-hydrogen) atoms. The Balaban J connectivity index is 2.12. The minimum absolute atomic E-state index is 0.0538. The first kappa shape index (κ1) is 14.1. The first-order chi connectivity index (χ1) is 10.2. The Bertz CT molecular complexity index is 766. The van der Waals surface area contributed by atoms with E-state index in [0.29, 0.717) is 0 Å². The second-order valence-electron chi connectivity index (χ2n) is 5.01. The molecule has 1 heterocycles. The van der Waals surface area contributed by atoms with Gasteiger partial charge in [0.2, 0.25) is 0 Å². The van der Waals surface area contributed by atoms with Crippen molar-refractivity contribution in [2.24, 2.45) is 5.84 Å². The normalized spacial score (nSPS) is 12.5. The zero-order valence-electron chi connectivity index (χ0n) is 12.1. The number of ether oxygens (including phenoxy) is 1. The number of hydrazine groups is 1. The van der Waals surface area contributed by atoms with Gasteiger partial charge in [-0.2, -0.15) is 0 Å². The summed E-state index contributed by atoms with van der Waals surface area (Å²) in [6.07, 6.45) is 0. The predicted molar refractivity (Wildman–Crippen MR) is 88.7 cm³/mol. The zero-order chi connectivity index (χ0) is 14.8. The summed E-state index contributed by atoms with van der Waals surface area (Å²) in [5, 5.41) is 3.36. The maximum atomic E-state index is 5.84. The van der Waals surface area contributed by atoms with Crippen molar-refractivity contribution in [3.63, 3.8) is 0 Å². The van der Waals surface area contributed by atoms with Gasteiger partial charge in [0.1, 0.15) is 5.75 Å². The minimum atomic E-state index is -0.0538. The SMILES string of the molecule is COc1cc(C(NN)c2cccc3ccsc23)ccc1C. The van der Waals surface area contributed by atoms with Crippen LogP contribution in [0.25, 0.3) is 10.1 Å². The van der Waals surface area contributed by atoms with Gasteiger partial charge in [0.25, 0.3) is 0 Å². The molecule has 2 aromatic carbocycles. The lowest BCUT2D eigenvalue weighted by Crippen LogP contribution is -2.28. The van der Waals surface area contributed by atoms with Crippen LogP contribution in [0.5, 0.6) is 5.75 Å². The number of thiophene rings is 1. The molecule has 4 heteroatoms. The van der Waals surface area contributed by atoms with Crippen molar-refractivity contribution >= 4 is 21.4 Å². The summed E-state index contributed by atoms with van der Waals surface area (Å²) in [5.74, 6) is 6.72. The summed E-state index contributed by atoms with van der Waals surface area (Å²) >= 11 is 1.74. The number of hydrogen-bond donors (Lipinski definition) is 2. The molecule has 0 fully saturated rings. The van der Waals surface area contributed by atoms with Gasteiger partial charge in [0.05, 0.1) is 13.2 Å². The molecule has 0 bridgehead atoms. The summed E-state index contributed by atoms with van der Waals surface area (Å²) in [7, 11) is 1.69. The number of nitrogens with one attached hydrogen (secondary N) is 1. The molecule has 1 unspecified atom stereocenters. The van der Waals surface area contributed by atoms with E-state index in [9.17, 15) is 0 Å². The molecular weight excluding hydrogens is 280 g/mol. The predicted octanol–water partition coefficient (Wildman–Crippen LogP) is 3.77. The van der Waals surface area contributed by atoms with Crippen LogP contribution in [0.15, 0.2) is 47.8 Å². The van der Waals surface area contributed by atoms with Gasteiger partial charge in [-0.05, 0) is 46.5 Å². The molecule has 3 rings (SSSR count). The maximum absolute atomic E-state index is 5.84. The number of methoxy groups -OCH3 is 1. The fourth-order valence-electron chi connectivity index (χ4n) is 2.63. The van der Waals surface area contributed by atoms with Crippen molar-refractivity contribution in [1.82, 2.24) is 5.43 Å². The summed E-state index contributed by atoms with van der Waals surface area (Å²) in [6.45, 7) is 2.04. The highest BCUT2D eigenvalue weighted by molar-refractivity contribution is 7.17. The number of rotatable bonds is 4. The van der Waals surface area contributed by atoms with Crippen LogP contribution in [-0.4, -0.2) is 7.11 Å². The third-order valence-corrected chi connectivity index (χ3v) is 4.73. The van der Waals surface area contributed by atoms with Crippen LogP contribution in [-0.2, 0) is 0 Å². The van der Waals surface area contributed by atoms with E-state index >= 15 is 0 Å². The molecule has 0 saturated carbocycles. The highest BCUT2D eigenvalue weighted by Gasteiger charge is 2.17. The summed E-state index contributed by atoms with van der Waals surface area (Å²) in [5.41, 5.74) is 6.34. The molecule has 1 aromatic heterocycles. The average molecular weight is 298 g/mol. The number of nitrogens with two attached hydrogens (primary N) is 1. The van der Waals surface area contributed by atoms with Crippen LogP contribution >= 0.6 is 11.3 Å². The standard InChI is InChI=1S/C17H18N2OS/c1-11-6-7-13(10-15(11)20-2)16(19-18)14-5-3-4-12-8-9-21-17(12)14/h3-10,16,19H,18H2,1-2H3. The van der Waals surface area contributed by atoms with Crippen molar-refractivity contribution < 1.29 is 4.74 Å². The lowest BCUT2D eigenvalue weighted by atomic mass is 9.97. The number of benzene rings is 2. The molecule has 0 aliphatic heterocycles. The Hall–Kier alpha value is -1.88. The molecular formula is C17H18N2OS. The van der Waals surface area contributed by atoms with E-state index in [0.717, 1.165) is 16.9 Å². The van der Waals surface area contributed by atoms with Gasteiger partial charge in [-0.1, -0.05) is 30.3 Å².